The van der Waals surface area contributed by atoms with Gasteiger partial charge in [0.25, 0.3) is 0 Å². The summed E-state index contributed by atoms with van der Waals surface area (Å²) in [5.41, 5.74) is -0.00892. The third kappa shape index (κ3) is 2.26. The second-order valence-corrected chi connectivity index (χ2v) is 7.40. The van der Waals surface area contributed by atoms with Gasteiger partial charge in [0.15, 0.2) is 9.84 Å². The summed E-state index contributed by atoms with van der Waals surface area (Å²) in [6.07, 6.45) is 0.0693. The van der Waals surface area contributed by atoms with Crippen LogP contribution >= 0.6 is 11.6 Å². The van der Waals surface area contributed by atoms with Gasteiger partial charge in [0.2, 0.25) is 0 Å². The van der Waals surface area contributed by atoms with Gasteiger partial charge in [0.1, 0.15) is 11.3 Å². The summed E-state index contributed by atoms with van der Waals surface area (Å²) in [4.78, 5) is 15.7. The van der Waals surface area contributed by atoms with Crippen LogP contribution in [-0.2, 0) is 22.0 Å². The Balaban J connectivity index is 2.50. The molecule has 0 radical (unpaired) electrons. The van der Waals surface area contributed by atoms with Gasteiger partial charge in [-0.1, -0.05) is 11.6 Å². The first-order valence-electron chi connectivity index (χ1n) is 6.03. The van der Waals surface area contributed by atoms with Crippen LogP contribution in [0.25, 0.3) is 10.9 Å². The van der Waals surface area contributed by atoms with Crippen molar-refractivity contribution in [2.45, 2.75) is 12.2 Å². The first kappa shape index (κ1) is 14.2. The molecule has 0 saturated carbocycles. The number of rotatable bonds is 1. The fourth-order valence-corrected chi connectivity index (χ4v) is 4.17. The van der Waals surface area contributed by atoms with E-state index in [0.717, 1.165) is 6.07 Å². The van der Waals surface area contributed by atoms with Gasteiger partial charge in [-0.25, -0.2) is 22.6 Å². The lowest BCUT2D eigenvalue weighted by atomic mass is 9.99. The van der Waals surface area contributed by atoms with Crippen LogP contribution in [0.2, 0.25) is 5.02 Å². The molecule has 5 nitrogen and oxygen atoms in total. The molecule has 2 heterocycles. The molecule has 0 saturated heterocycles. The van der Waals surface area contributed by atoms with Gasteiger partial charge < -0.3 is 5.11 Å². The third-order valence-electron chi connectivity index (χ3n) is 3.45. The molecule has 1 aromatic heterocycles. The quantitative estimate of drug-likeness (QED) is 0.867. The van der Waals surface area contributed by atoms with Crippen LogP contribution in [0.5, 0.6) is 0 Å². The summed E-state index contributed by atoms with van der Waals surface area (Å²) in [6, 6.07) is 2.34. The van der Waals surface area contributed by atoms with E-state index in [0.29, 0.717) is 5.69 Å². The molecule has 1 aromatic carbocycles. The number of halogens is 2. The van der Waals surface area contributed by atoms with E-state index < -0.39 is 27.4 Å². The molecule has 1 aliphatic heterocycles. The summed E-state index contributed by atoms with van der Waals surface area (Å²) < 4.78 is 37.4. The first-order valence-corrected chi connectivity index (χ1v) is 8.23. The number of sulfone groups is 1. The summed E-state index contributed by atoms with van der Waals surface area (Å²) in [6.45, 7) is 0. The largest absolute Gasteiger partial charge is 0.478 e. The molecule has 0 bridgehead atoms. The number of aromatic nitrogens is 1. The maximum absolute atomic E-state index is 13.9. The van der Waals surface area contributed by atoms with Crippen molar-refractivity contribution in [2.24, 2.45) is 0 Å². The molecular weight excluding hydrogens is 321 g/mol. The standard InChI is InChI=1S/C13H9ClFNO4S/c14-7-1-2-8(15)12-11(7)10(13(17)18)6-5-21(19,20)4-3-9(6)16-12/h1-2H,3-5H2,(H,17,18). The van der Waals surface area contributed by atoms with E-state index in [1.54, 1.807) is 0 Å². The number of carboxylic acids is 1. The highest BCUT2D eigenvalue weighted by Crippen LogP contribution is 2.34. The summed E-state index contributed by atoms with van der Waals surface area (Å²) in [5, 5.41) is 9.39. The minimum absolute atomic E-state index is 0.0297. The molecule has 0 fully saturated rings. The van der Waals surface area contributed by atoms with E-state index in [1.807, 2.05) is 0 Å². The van der Waals surface area contributed by atoms with Crippen molar-refractivity contribution in [3.63, 3.8) is 0 Å². The Morgan fingerprint density at radius 1 is 1.38 bits per heavy atom. The van der Waals surface area contributed by atoms with E-state index in [1.165, 1.54) is 6.07 Å². The number of pyridine rings is 1. The molecule has 3 rings (SSSR count). The predicted molar refractivity (Wildman–Crippen MR) is 74.9 cm³/mol. The van der Waals surface area contributed by atoms with Crippen LogP contribution in [0.3, 0.4) is 0 Å². The van der Waals surface area contributed by atoms with Crippen molar-refractivity contribution >= 4 is 38.3 Å². The monoisotopic (exact) mass is 329 g/mol. The van der Waals surface area contributed by atoms with E-state index >= 15 is 0 Å². The molecule has 1 N–H and O–H groups in total. The van der Waals surface area contributed by atoms with E-state index in [2.05, 4.69) is 4.98 Å². The van der Waals surface area contributed by atoms with E-state index in [9.17, 15) is 22.7 Å². The number of aryl methyl sites for hydroxylation is 1. The maximum atomic E-state index is 13.9. The normalized spacial score (nSPS) is 16.7. The average molecular weight is 330 g/mol. The highest BCUT2D eigenvalue weighted by Gasteiger charge is 2.30. The van der Waals surface area contributed by atoms with Crippen molar-refractivity contribution in [1.82, 2.24) is 4.98 Å². The van der Waals surface area contributed by atoms with Crippen LogP contribution in [0.4, 0.5) is 4.39 Å². The Morgan fingerprint density at radius 2 is 2.10 bits per heavy atom. The number of benzene rings is 1. The molecule has 0 atom stereocenters. The Bertz CT molecular complexity index is 895. The van der Waals surface area contributed by atoms with Gasteiger partial charge in [-0.15, -0.1) is 0 Å². The van der Waals surface area contributed by atoms with E-state index in [-0.39, 0.29) is 39.2 Å². The van der Waals surface area contributed by atoms with Crippen molar-refractivity contribution in [3.8, 4) is 0 Å². The number of nitrogens with zero attached hydrogens (tertiary/aromatic N) is 1. The van der Waals surface area contributed by atoms with Gasteiger partial charge >= 0.3 is 5.97 Å². The molecule has 21 heavy (non-hydrogen) atoms. The van der Waals surface area contributed by atoms with Gasteiger partial charge in [0.05, 0.1) is 22.1 Å². The molecule has 110 valence electrons. The first-order chi connectivity index (χ1) is 9.80. The number of aromatic carboxylic acids is 1. The SMILES string of the molecule is O=C(O)c1c2c(nc3c(F)ccc(Cl)c13)CCS(=O)(=O)C2. The van der Waals surface area contributed by atoms with Gasteiger partial charge in [-0.05, 0) is 12.1 Å². The minimum atomic E-state index is -3.38. The van der Waals surface area contributed by atoms with Crippen molar-refractivity contribution in [2.75, 3.05) is 5.75 Å². The van der Waals surface area contributed by atoms with Crippen molar-refractivity contribution in [1.29, 1.82) is 0 Å². The Labute approximate surface area is 124 Å². The lowest BCUT2D eigenvalue weighted by molar-refractivity contribution is 0.0698. The van der Waals surface area contributed by atoms with E-state index in [4.69, 9.17) is 11.6 Å². The molecule has 0 aliphatic carbocycles. The fourth-order valence-electron chi connectivity index (χ4n) is 2.53. The number of carbonyl (C=O) groups is 1. The molecule has 2 aromatic rings. The lowest BCUT2D eigenvalue weighted by Crippen LogP contribution is -2.23. The lowest BCUT2D eigenvalue weighted by Gasteiger charge is -2.19. The highest BCUT2D eigenvalue weighted by atomic mass is 35.5. The van der Waals surface area contributed by atoms with Crippen LogP contribution in [-0.4, -0.2) is 30.2 Å². The van der Waals surface area contributed by atoms with Gasteiger partial charge in [-0.3, -0.25) is 0 Å². The molecule has 0 unspecified atom stereocenters. The Kier molecular flexibility index (Phi) is 3.14. The smallest absolute Gasteiger partial charge is 0.336 e. The topological polar surface area (TPSA) is 84.3 Å². The number of hydrogen-bond donors (Lipinski definition) is 1. The molecule has 0 amide bonds. The Morgan fingerprint density at radius 3 is 2.76 bits per heavy atom. The molecular formula is C13H9ClFNO4S. The number of carboxylic acid groups (broad SMARTS) is 1. The summed E-state index contributed by atoms with van der Waals surface area (Å²) in [7, 11) is -3.38. The zero-order chi connectivity index (χ0) is 15.4. The highest BCUT2D eigenvalue weighted by molar-refractivity contribution is 7.90. The van der Waals surface area contributed by atoms with Crippen molar-refractivity contribution in [3.05, 3.63) is 39.8 Å². The zero-order valence-electron chi connectivity index (χ0n) is 10.6. The van der Waals surface area contributed by atoms with Crippen LogP contribution in [0.15, 0.2) is 12.1 Å². The zero-order valence-corrected chi connectivity index (χ0v) is 12.1. The summed E-state index contributed by atoms with van der Waals surface area (Å²) >= 11 is 5.97. The molecule has 0 spiro atoms. The predicted octanol–water partition coefficient (Wildman–Crippen LogP) is 2.20. The third-order valence-corrected chi connectivity index (χ3v) is 5.32. The van der Waals surface area contributed by atoms with Gasteiger partial charge in [-0.2, -0.15) is 0 Å². The fraction of sp³-hybridized carbons (Fsp3) is 0.231. The second-order valence-electron chi connectivity index (χ2n) is 4.81. The van der Waals surface area contributed by atoms with Gasteiger partial charge in [0, 0.05) is 23.1 Å². The summed E-state index contributed by atoms with van der Waals surface area (Å²) in [5.74, 6) is -2.57. The number of hydrogen-bond acceptors (Lipinski definition) is 4. The number of fused-ring (bicyclic) bond motifs is 2. The average Bonchev–Trinajstić information content (AvgIpc) is 2.40. The van der Waals surface area contributed by atoms with Crippen LogP contribution < -0.4 is 0 Å². The molecule has 1 aliphatic rings. The molecule has 8 heteroatoms. The van der Waals surface area contributed by atoms with Crippen molar-refractivity contribution < 1.29 is 22.7 Å². The maximum Gasteiger partial charge on any atom is 0.336 e. The minimum Gasteiger partial charge on any atom is -0.478 e. The van der Waals surface area contributed by atoms with Crippen LogP contribution in [0, 0.1) is 5.82 Å². The Hall–Kier alpha value is -1.73. The second kappa shape index (κ2) is 4.64. The van der Waals surface area contributed by atoms with Crippen LogP contribution in [0.1, 0.15) is 21.6 Å².